The van der Waals surface area contributed by atoms with Crippen LogP contribution in [0.25, 0.3) is 0 Å². The van der Waals surface area contributed by atoms with Gasteiger partial charge in [0.15, 0.2) is 0 Å². The van der Waals surface area contributed by atoms with Gasteiger partial charge in [0, 0.05) is 18.0 Å². The summed E-state index contributed by atoms with van der Waals surface area (Å²) in [5, 5.41) is 0. The van der Waals surface area contributed by atoms with E-state index >= 15 is 0 Å². The maximum Gasteiger partial charge on any atom is 0.418 e. The summed E-state index contributed by atoms with van der Waals surface area (Å²) >= 11 is 5.58. The lowest BCUT2D eigenvalue weighted by Gasteiger charge is -2.24. The van der Waals surface area contributed by atoms with E-state index in [0.29, 0.717) is 5.56 Å². The molecular formula is C13H15ClF3N. The first kappa shape index (κ1) is 13.7. The van der Waals surface area contributed by atoms with Crippen LogP contribution in [0.5, 0.6) is 0 Å². The standard InChI is InChI=1S/C13H15ClF3N/c14-7-9-6-11(13(15,16)17)12(18-8-9)10-4-2-1-3-5-10/h6,8,10H,1-5,7H2. The summed E-state index contributed by atoms with van der Waals surface area (Å²) in [6, 6.07) is 1.14. The van der Waals surface area contributed by atoms with Crippen molar-refractivity contribution in [2.45, 2.75) is 50.1 Å². The lowest BCUT2D eigenvalue weighted by molar-refractivity contribution is -0.138. The third-order valence-corrected chi connectivity index (χ3v) is 3.74. The maximum atomic E-state index is 13.0. The monoisotopic (exact) mass is 277 g/mol. The number of alkyl halides is 4. The van der Waals surface area contributed by atoms with E-state index < -0.39 is 11.7 Å². The summed E-state index contributed by atoms with van der Waals surface area (Å²) in [6.07, 6.45) is 1.81. The molecule has 0 unspecified atom stereocenters. The molecule has 2 rings (SSSR count). The summed E-state index contributed by atoms with van der Waals surface area (Å²) < 4.78 is 39.1. The number of nitrogens with zero attached hydrogens (tertiary/aromatic N) is 1. The van der Waals surface area contributed by atoms with E-state index in [9.17, 15) is 13.2 Å². The minimum Gasteiger partial charge on any atom is -0.260 e. The van der Waals surface area contributed by atoms with Crippen LogP contribution in [-0.2, 0) is 12.1 Å². The average molecular weight is 278 g/mol. The van der Waals surface area contributed by atoms with Crippen molar-refractivity contribution in [2.24, 2.45) is 0 Å². The number of halogens is 4. The normalized spacial score (nSPS) is 18.0. The number of rotatable bonds is 2. The predicted octanol–water partition coefficient (Wildman–Crippen LogP) is 4.89. The second kappa shape index (κ2) is 5.47. The molecule has 1 aliphatic carbocycles. The summed E-state index contributed by atoms with van der Waals surface area (Å²) in [5.74, 6) is 0.000788. The lowest BCUT2D eigenvalue weighted by Crippen LogP contribution is -2.16. The van der Waals surface area contributed by atoms with Crippen LogP contribution >= 0.6 is 11.6 Å². The van der Waals surface area contributed by atoms with Crippen LogP contribution in [0.3, 0.4) is 0 Å². The van der Waals surface area contributed by atoms with Crippen molar-refractivity contribution in [2.75, 3.05) is 0 Å². The molecule has 1 fully saturated rings. The zero-order valence-corrected chi connectivity index (χ0v) is 10.7. The van der Waals surface area contributed by atoms with E-state index in [-0.39, 0.29) is 17.5 Å². The molecule has 0 bridgehead atoms. The molecule has 100 valence electrons. The van der Waals surface area contributed by atoms with E-state index in [1.807, 2.05) is 0 Å². The highest BCUT2D eigenvalue weighted by Crippen LogP contribution is 2.39. The van der Waals surface area contributed by atoms with Gasteiger partial charge in [-0.3, -0.25) is 4.98 Å². The first-order valence-electron chi connectivity index (χ1n) is 6.14. The Morgan fingerprint density at radius 2 is 1.89 bits per heavy atom. The third kappa shape index (κ3) is 2.97. The lowest BCUT2D eigenvalue weighted by atomic mass is 9.84. The largest absolute Gasteiger partial charge is 0.418 e. The van der Waals surface area contributed by atoms with Crippen molar-refractivity contribution in [1.82, 2.24) is 4.98 Å². The minimum atomic E-state index is -4.35. The van der Waals surface area contributed by atoms with E-state index in [1.165, 1.54) is 6.20 Å². The number of aromatic nitrogens is 1. The summed E-state index contributed by atoms with van der Waals surface area (Å²) in [4.78, 5) is 4.04. The molecular weight excluding hydrogens is 263 g/mol. The minimum absolute atomic E-state index is 0.0558. The van der Waals surface area contributed by atoms with Gasteiger partial charge in [0.25, 0.3) is 0 Å². The number of pyridine rings is 1. The summed E-state index contributed by atoms with van der Waals surface area (Å²) in [5.41, 5.74) is 0.0205. The van der Waals surface area contributed by atoms with Crippen LogP contribution in [0.15, 0.2) is 12.3 Å². The van der Waals surface area contributed by atoms with E-state index in [0.717, 1.165) is 38.2 Å². The molecule has 18 heavy (non-hydrogen) atoms. The molecule has 1 heterocycles. The summed E-state index contributed by atoms with van der Waals surface area (Å²) in [6.45, 7) is 0. The van der Waals surface area contributed by atoms with Crippen molar-refractivity contribution in [3.8, 4) is 0 Å². The Labute approximate surface area is 109 Å². The van der Waals surface area contributed by atoms with Crippen molar-refractivity contribution >= 4 is 11.6 Å². The average Bonchev–Trinajstić information content (AvgIpc) is 2.38. The quantitative estimate of drug-likeness (QED) is 0.702. The van der Waals surface area contributed by atoms with Gasteiger partial charge < -0.3 is 0 Å². The van der Waals surface area contributed by atoms with E-state index in [2.05, 4.69) is 4.98 Å². The topological polar surface area (TPSA) is 12.9 Å². The molecule has 1 saturated carbocycles. The Morgan fingerprint density at radius 1 is 1.22 bits per heavy atom. The zero-order chi connectivity index (χ0) is 13.2. The van der Waals surface area contributed by atoms with Crippen LogP contribution in [0.4, 0.5) is 13.2 Å². The van der Waals surface area contributed by atoms with Crippen molar-refractivity contribution in [3.05, 3.63) is 29.1 Å². The molecule has 0 amide bonds. The van der Waals surface area contributed by atoms with Crippen LogP contribution in [-0.4, -0.2) is 4.98 Å². The smallest absolute Gasteiger partial charge is 0.260 e. The van der Waals surface area contributed by atoms with E-state index in [1.54, 1.807) is 0 Å². The second-order valence-electron chi connectivity index (χ2n) is 4.74. The predicted molar refractivity (Wildman–Crippen MR) is 64.6 cm³/mol. The van der Waals surface area contributed by atoms with Gasteiger partial charge in [0.2, 0.25) is 0 Å². The fourth-order valence-electron chi connectivity index (χ4n) is 2.52. The van der Waals surface area contributed by atoms with Gasteiger partial charge in [-0.1, -0.05) is 19.3 Å². The van der Waals surface area contributed by atoms with Gasteiger partial charge >= 0.3 is 6.18 Å². The maximum absolute atomic E-state index is 13.0. The fraction of sp³-hybridized carbons (Fsp3) is 0.615. The van der Waals surface area contributed by atoms with Gasteiger partial charge in [-0.2, -0.15) is 13.2 Å². The van der Waals surface area contributed by atoms with Crippen molar-refractivity contribution < 1.29 is 13.2 Å². The Balaban J connectivity index is 2.38. The van der Waals surface area contributed by atoms with Crippen LogP contribution in [0.2, 0.25) is 0 Å². The van der Waals surface area contributed by atoms with Crippen LogP contribution in [0.1, 0.15) is 54.8 Å². The molecule has 1 nitrogen and oxygen atoms in total. The number of hydrogen-bond acceptors (Lipinski definition) is 1. The molecule has 0 radical (unpaired) electrons. The van der Waals surface area contributed by atoms with Gasteiger partial charge in [-0.15, -0.1) is 11.6 Å². The summed E-state index contributed by atoms with van der Waals surface area (Å²) in [7, 11) is 0. The Bertz CT molecular complexity index is 411. The molecule has 0 aromatic carbocycles. The van der Waals surface area contributed by atoms with Gasteiger partial charge in [-0.25, -0.2) is 0 Å². The molecule has 0 saturated heterocycles. The molecule has 0 spiro atoms. The fourth-order valence-corrected chi connectivity index (χ4v) is 2.67. The molecule has 1 aromatic heterocycles. The first-order chi connectivity index (χ1) is 8.52. The molecule has 0 aliphatic heterocycles. The molecule has 5 heteroatoms. The van der Waals surface area contributed by atoms with Gasteiger partial charge in [0.1, 0.15) is 0 Å². The van der Waals surface area contributed by atoms with Gasteiger partial charge in [0.05, 0.1) is 11.3 Å². The Kier molecular flexibility index (Phi) is 4.15. The third-order valence-electron chi connectivity index (χ3n) is 3.43. The van der Waals surface area contributed by atoms with Crippen molar-refractivity contribution in [1.29, 1.82) is 0 Å². The van der Waals surface area contributed by atoms with Crippen LogP contribution < -0.4 is 0 Å². The van der Waals surface area contributed by atoms with Crippen LogP contribution in [0, 0.1) is 0 Å². The SMILES string of the molecule is FC(F)(F)c1cc(CCl)cnc1C1CCCCC1. The molecule has 1 aromatic rings. The number of hydrogen-bond donors (Lipinski definition) is 0. The zero-order valence-electron chi connectivity index (χ0n) is 9.93. The Hall–Kier alpha value is -0.770. The molecule has 0 atom stereocenters. The second-order valence-corrected chi connectivity index (χ2v) is 5.01. The van der Waals surface area contributed by atoms with Crippen molar-refractivity contribution in [3.63, 3.8) is 0 Å². The highest BCUT2D eigenvalue weighted by molar-refractivity contribution is 6.17. The first-order valence-corrected chi connectivity index (χ1v) is 6.68. The highest BCUT2D eigenvalue weighted by atomic mass is 35.5. The van der Waals surface area contributed by atoms with Gasteiger partial charge in [-0.05, 0) is 24.5 Å². The van der Waals surface area contributed by atoms with E-state index in [4.69, 9.17) is 11.6 Å². The Morgan fingerprint density at radius 3 is 2.44 bits per heavy atom. The molecule has 1 aliphatic rings. The molecule has 0 N–H and O–H groups in total. The highest BCUT2D eigenvalue weighted by Gasteiger charge is 2.36.